The average Bonchev–Trinajstić information content (AvgIpc) is 3.42. The molecule has 186 valence electrons. The molecule has 4 aromatic rings. The van der Waals surface area contributed by atoms with Crippen LogP contribution >= 0.6 is 0 Å². The number of methoxy groups -OCH3 is 1. The molecule has 2 N–H and O–H groups in total. The first-order valence-electron chi connectivity index (χ1n) is 11.6. The highest BCUT2D eigenvalue weighted by atomic mass is 19.4. The number of aliphatic hydroxyl groups is 1. The molecule has 0 amide bonds. The Morgan fingerprint density at radius 1 is 1.28 bits per heavy atom. The Kier molecular flexibility index (Phi) is 5.13. The van der Waals surface area contributed by atoms with Gasteiger partial charge in [-0.3, -0.25) is 10.3 Å². The fourth-order valence-electron chi connectivity index (χ4n) is 4.50. The minimum absolute atomic E-state index is 0.00753. The van der Waals surface area contributed by atoms with Gasteiger partial charge in [0.2, 0.25) is 0 Å². The first kappa shape index (κ1) is 21.4. The van der Waals surface area contributed by atoms with Gasteiger partial charge in [-0.15, -0.1) is 0 Å². The number of pyridine rings is 1. The maximum Gasteiger partial charge on any atom is 0.433 e. The lowest BCUT2D eigenvalue weighted by atomic mass is 9.88. The van der Waals surface area contributed by atoms with E-state index in [1.54, 1.807) is 6.07 Å². The van der Waals surface area contributed by atoms with Crippen molar-refractivity contribution >= 4 is 11.6 Å². The van der Waals surface area contributed by atoms with E-state index in [1.165, 1.54) is 31.5 Å². The first-order chi connectivity index (χ1) is 17.8. The van der Waals surface area contributed by atoms with Crippen LogP contribution in [-0.2, 0) is 40.8 Å². The second-order valence-electron chi connectivity index (χ2n) is 8.19. The van der Waals surface area contributed by atoms with E-state index in [4.69, 9.17) is 7.48 Å². The van der Waals surface area contributed by atoms with Crippen LogP contribution in [0.5, 0.6) is 0 Å². The molecule has 1 aliphatic rings. The number of hydrogen-bond donors (Lipinski definition) is 2. The number of benzene rings is 1. The third-order valence-electron chi connectivity index (χ3n) is 6.05. The molecule has 0 radical (unpaired) electrons. The summed E-state index contributed by atoms with van der Waals surface area (Å²) in [5, 5.41) is 17.6. The molecule has 0 fully saturated rings. The van der Waals surface area contributed by atoms with Crippen LogP contribution < -0.4 is 5.32 Å². The van der Waals surface area contributed by atoms with Gasteiger partial charge in [0.1, 0.15) is 11.5 Å². The fourth-order valence-corrected chi connectivity index (χ4v) is 4.50. The van der Waals surface area contributed by atoms with Crippen LogP contribution in [0.25, 0.3) is 16.8 Å². The molecule has 12 heteroatoms. The molecule has 1 aliphatic heterocycles. The highest BCUT2D eigenvalue weighted by Gasteiger charge is 2.49. The Labute approximate surface area is 204 Å². The minimum atomic E-state index is -4.70. The average molecular weight is 503 g/mol. The van der Waals surface area contributed by atoms with Crippen molar-refractivity contribution in [2.45, 2.75) is 31.2 Å². The molecule has 4 heterocycles. The van der Waals surface area contributed by atoms with Crippen LogP contribution in [0.4, 0.5) is 17.6 Å². The van der Waals surface area contributed by atoms with Gasteiger partial charge < -0.3 is 9.84 Å². The smallest absolute Gasteiger partial charge is 0.433 e. The van der Waals surface area contributed by atoms with Crippen LogP contribution in [-0.4, -0.2) is 37.8 Å². The molecule has 36 heavy (non-hydrogen) atoms. The number of ether oxygens (including phenoxy) is 1. The molecule has 0 aliphatic carbocycles. The molecule has 0 unspecified atom stereocenters. The topological polar surface area (TPSA) is 102 Å². The zero-order valence-corrected chi connectivity index (χ0v) is 18.6. The Morgan fingerprint density at radius 2 is 2.08 bits per heavy atom. The SMILES string of the molecule is [2H]C([2H])(O)c1nn2c3c(cnc2c1-c1ccc(C(F)(F)F)nc1)CN[C@]3(Cc1cccc(F)c1)C(=O)OC. The summed E-state index contributed by atoms with van der Waals surface area (Å²) >= 11 is 0. The van der Waals surface area contributed by atoms with Crippen LogP contribution in [0.3, 0.4) is 0 Å². The van der Waals surface area contributed by atoms with E-state index in [9.17, 15) is 27.5 Å². The summed E-state index contributed by atoms with van der Waals surface area (Å²) in [6.07, 6.45) is -2.49. The van der Waals surface area contributed by atoms with Crippen LogP contribution in [0.1, 0.15) is 31.0 Å². The quantitative estimate of drug-likeness (QED) is 0.319. The standard InChI is InChI=1S/C24H19F4N5O3/c1-36-22(35)23(8-13-3-2-4-16(25)7-13)20-15(11-31-23)10-30-21-19(17(12-34)32-33(20)21)14-5-6-18(29-9-14)24(26,27)28/h2-7,9-10,31,34H,8,11-12H2,1H3/t23-/m0/s1/i12D2. The third kappa shape index (κ3) is 3.78. The maximum atomic E-state index is 14.0. The lowest BCUT2D eigenvalue weighted by Gasteiger charge is -2.28. The van der Waals surface area contributed by atoms with Crippen molar-refractivity contribution in [1.29, 1.82) is 0 Å². The van der Waals surface area contributed by atoms with Crippen LogP contribution in [0.2, 0.25) is 0 Å². The number of alkyl halides is 3. The van der Waals surface area contributed by atoms with Gasteiger partial charge in [0.05, 0.1) is 33.4 Å². The molecule has 1 aromatic carbocycles. The second-order valence-corrected chi connectivity index (χ2v) is 8.19. The number of carbonyl (C=O) groups is 1. The summed E-state index contributed by atoms with van der Waals surface area (Å²) in [6.45, 7) is -2.91. The molecule has 0 saturated heterocycles. The number of fused-ring (bicyclic) bond motifs is 3. The number of halogens is 4. The van der Waals surface area contributed by atoms with E-state index in [2.05, 4.69) is 20.4 Å². The number of hydrogen-bond acceptors (Lipinski definition) is 7. The van der Waals surface area contributed by atoms with Crippen molar-refractivity contribution in [3.8, 4) is 11.1 Å². The molecule has 1 atom stereocenters. The summed E-state index contributed by atoms with van der Waals surface area (Å²) in [5.74, 6) is -1.26. The zero-order chi connectivity index (χ0) is 27.5. The highest BCUT2D eigenvalue weighted by Crippen LogP contribution is 2.38. The Hall–Kier alpha value is -3.90. The van der Waals surface area contributed by atoms with Gasteiger partial charge in [0.25, 0.3) is 0 Å². The van der Waals surface area contributed by atoms with E-state index in [0.717, 1.165) is 16.8 Å². The molecule has 0 spiro atoms. The number of carbonyl (C=O) groups excluding carboxylic acids is 1. The van der Waals surface area contributed by atoms with Gasteiger partial charge >= 0.3 is 12.1 Å². The number of rotatable bonds is 5. The van der Waals surface area contributed by atoms with Crippen molar-refractivity contribution in [2.24, 2.45) is 0 Å². The molecule has 0 bridgehead atoms. The second kappa shape index (κ2) is 8.64. The highest BCUT2D eigenvalue weighted by molar-refractivity contribution is 5.86. The van der Waals surface area contributed by atoms with Crippen LogP contribution in [0, 0.1) is 5.82 Å². The Morgan fingerprint density at radius 3 is 2.72 bits per heavy atom. The van der Waals surface area contributed by atoms with E-state index < -0.39 is 41.4 Å². The third-order valence-corrected chi connectivity index (χ3v) is 6.05. The number of nitrogens with zero attached hydrogens (tertiary/aromatic N) is 4. The van der Waals surface area contributed by atoms with E-state index in [-0.39, 0.29) is 35.4 Å². The lowest BCUT2D eigenvalue weighted by molar-refractivity contribution is -0.149. The molecular weight excluding hydrogens is 482 g/mol. The predicted octanol–water partition coefficient (Wildman–Crippen LogP) is 3.16. The van der Waals surface area contributed by atoms with Gasteiger partial charge in [-0.25, -0.2) is 18.7 Å². The van der Waals surface area contributed by atoms with Crippen molar-refractivity contribution in [3.63, 3.8) is 0 Å². The lowest BCUT2D eigenvalue weighted by Crippen LogP contribution is -2.48. The molecular formula is C24H19F4N5O3. The van der Waals surface area contributed by atoms with Crippen molar-refractivity contribution in [3.05, 3.63) is 82.8 Å². The van der Waals surface area contributed by atoms with Crippen molar-refractivity contribution < 1.29 is 34.9 Å². The predicted molar refractivity (Wildman–Crippen MR) is 118 cm³/mol. The first-order valence-corrected chi connectivity index (χ1v) is 10.6. The molecule has 3 aromatic heterocycles. The molecule has 5 rings (SSSR count). The summed E-state index contributed by atoms with van der Waals surface area (Å²) in [5.41, 5.74) is -2.34. The number of aromatic nitrogens is 4. The summed E-state index contributed by atoms with van der Waals surface area (Å²) in [6, 6.07) is 7.38. The van der Waals surface area contributed by atoms with Gasteiger partial charge in [0.15, 0.2) is 11.2 Å². The Bertz CT molecular complexity index is 1550. The summed E-state index contributed by atoms with van der Waals surface area (Å²) in [4.78, 5) is 21.0. The number of esters is 1. The zero-order valence-electron chi connectivity index (χ0n) is 20.6. The largest absolute Gasteiger partial charge is 0.467 e. The normalized spacial score (nSPS) is 18.6. The fraction of sp³-hybridized carbons (Fsp3) is 0.250. The van der Waals surface area contributed by atoms with Gasteiger partial charge in [-0.05, 0) is 23.8 Å². The van der Waals surface area contributed by atoms with Crippen molar-refractivity contribution in [2.75, 3.05) is 7.11 Å². The van der Waals surface area contributed by atoms with E-state index in [0.29, 0.717) is 17.2 Å². The minimum Gasteiger partial charge on any atom is -0.467 e. The Balaban J connectivity index is 1.77. The van der Waals surface area contributed by atoms with Gasteiger partial charge in [-0.2, -0.15) is 18.3 Å². The monoisotopic (exact) mass is 503 g/mol. The van der Waals surface area contributed by atoms with Gasteiger partial charge in [0, 0.05) is 36.5 Å². The number of nitrogens with one attached hydrogen (secondary N) is 1. The van der Waals surface area contributed by atoms with E-state index >= 15 is 0 Å². The van der Waals surface area contributed by atoms with Gasteiger partial charge in [-0.1, -0.05) is 18.2 Å². The van der Waals surface area contributed by atoms with Crippen molar-refractivity contribution in [1.82, 2.24) is 24.9 Å². The van der Waals surface area contributed by atoms with E-state index in [1.807, 2.05) is 0 Å². The maximum absolute atomic E-state index is 14.0. The summed E-state index contributed by atoms with van der Waals surface area (Å²) < 4.78 is 75.3. The molecule has 0 saturated carbocycles. The molecule has 8 nitrogen and oxygen atoms in total. The summed E-state index contributed by atoms with van der Waals surface area (Å²) in [7, 11) is 1.17. The van der Waals surface area contributed by atoms with Crippen LogP contribution in [0.15, 0.2) is 48.8 Å².